The van der Waals surface area contributed by atoms with Gasteiger partial charge in [0.25, 0.3) is 5.91 Å². The molecule has 2 aliphatic rings. The van der Waals surface area contributed by atoms with E-state index in [-0.39, 0.29) is 28.5 Å². The Morgan fingerprint density at radius 3 is 2.65 bits per heavy atom. The van der Waals surface area contributed by atoms with Crippen LogP contribution < -0.4 is 5.32 Å². The van der Waals surface area contributed by atoms with Gasteiger partial charge in [-0.1, -0.05) is 48.0 Å². The fourth-order valence-electron chi connectivity index (χ4n) is 5.13. The lowest BCUT2D eigenvalue weighted by Crippen LogP contribution is -2.33. The zero-order valence-electron chi connectivity index (χ0n) is 20.4. The van der Waals surface area contributed by atoms with E-state index in [1.807, 2.05) is 48.7 Å². The SMILES string of the molecule is O=C(CCc1ccco1)N[C@@H](CCN1CC2=CN(C(=O)c3c(F)cccc3Cl)CC2C1)c1ccccc1. The van der Waals surface area contributed by atoms with Crippen molar-refractivity contribution in [3.05, 3.63) is 106 Å². The first kappa shape index (κ1) is 25.2. The van der Waals surface area contributed by atoms with E-state index in [0.717, 1.165) is 37.4 Å². The zero-order chi connectivity index (χ0) is 25.8. The summed E-state index contributed by atoms with van der Waals surface area (Å²) in [5, 5.41) is 3.32. The molecule has 2 atom stereocenters. The number of hydrogen-bond donors (Lipinski definition) is 1. The maximum absolute atomic E-state index is 14.2. The molecule has 5 rings (SSSR count). The molecule has 1 aromatic heterocycles. The van der Waals surface area contributed by atoms with E-state index in [0.29, 0.717) is 19.4 Å². The Hall–Kier alpha value is -3.42. The lowest BCUT2D eigenvalue weighted by Gasteiger charge is -2.24. The van der Waals surface area contributed by atoms with Crippen molar-refractivity contribution < 1.29 is 18.4 Å². The van der Waals surface area contributed by atoms with E-state index in [1.54, 1.807) is 11.2 Å². The van der Waals surface area contributed by atoms with E-state index in [9.17, 15) is 14.0 Å². The van der Waals surface area contributed by atoms with Gasteiger partial charge in [0.15, 0.2) is 0 Å². The van der Waals surface area contributed by atoms with Crippen molar-refractivity contribution in [1.82, 2.24) is 15.1 Å². The minimum absolute atomic E-state index is 0.00721. The van der Waals surface area contributed by atoms with Crippen molar-refractivity contribution in [1.29, 1.82) is 0 Å². The van der Waals surface area contributed by atoms with Crippen LogP contribution in [0.2, 0.25) is 5.02 Å². The molecule has 2 amide bonds. The maximum Gasteiger partial charge on any atom is 0.262 e. The highest BCUT2D eigenvalue weighted by atomic mass is 35.5. The van der Waals surface area contributed by atoms with Crippen molar-refractivity contribution in [2.75, 3.05) is 26.2 Å². The normalized spacial score (nSPS) is 17.9. The minimum atomic E-state index is -0.604. The molecule has 1 N–H and O–H groups in total. The number of amides is 2. The van der Waals surface area contributed by atoms with Crippen molar-refractivity contribution in [2.24, 2.45) is 5.92 Å². The fourth-order valence-corrected chi connectivity index (χ4v) is 5.37. The summed E-state index contributed by atoms with van der Waals surface area (Å²) in [4.78, 5) is 29.5. The molecule has 2 aliphatic heterocycles. The van der Waals surface area contributed by atoms with E-state index >= 15 is 0 Å². The summed E-state index contributed by atoms with van der Waals surface area (Å²) >= 11 is 6.10. The van der Waals surface area contributed by atoms with Crippen LogP contribution in [0, 0.1) is 11.7 Å². The van der Waals surface area contributed by atoms with Crippen LogP contribution in [0.5, 0.6) is 0 Å². The number of fused-ring (bicyclic) bond motifs is 1. The van der Waals surface area contributed by atoms with Gasteiger partial charge in [-0.25, -0.2) is 4.39 Å². The van der Waals surface area contributed by atoms with Crippen molar-refractivity contribution in [3.63, 3.8) is 0 Å². The quantitative estimate of drug-likeness (QED) is 0.419. The van der Waals surface area contributed by atoms with Crippen LogP contribution >= 0.6 is 11.6 Å². The van der Waals surface area contributed by atoms with Crippen LogP contribution in [0.25, 0.3) is 0 Å². The van der Waals surface area contributed by atoms with Crippen LogP contribution in [-0.4, -0.2) is 47.8 Å². The number of furan rings is 1. The van der Waals surface area contributed by atoms with E-state index in [2.05, 4.69) is 10.2 Å². The summed E-state index contributed by atoms with van der Waals surface area (Å²) in [7, 11) is 0. The summed E-state index contributed by atoms with van der Waals surface area (Å²) < 4.78 is 19.6. The highest BCUT2D eigenvalue weighted by Crippen LogP contribution is 2.32. The van der Waals surface area contributed by atoms with Gasteiger partial charge in [0, 0.05) is 51.1 Å². The van der Waals surface area contributed by atoms with Crippen molar-refractivity contribution in [3.8, 4) is 0 Å². The summed E-state index contributed by atoms with van der Waals surface area (Å²) in [5.41, 5.74) is 2.16. The lowest BCUT2D eigenvalue weighted by molar-refractivity contribution is -0.122. The highest BCUT2D eigenvalue weighted by Gasteiger charge is 2.36. The van der Waals surface area contributed by atoms with Crippen molar-refractivity contribution in [2.45, 2.75) is 25.3 Å². The Morgan fingerprint density at radius 1 is 1.08 bits per heavy atom. The number of carbonyl (C=O) groups excluding carboxylic acids is 2. The Kier molecular flexibility index (Phi) is 7.72. The third-order valence-corrected chi connectivity index (χ3v) is 7.35. The number of hydrogen-bond acceptors (Lipinski definition) is 4. The van der Waals surface area contributed by atoms with Gasteiger partial charge in [0.2, 0.25) is 5.91 Å². The molecule has 0 spiro atoms. The average molecular weight is 522 g/mol. The van der Waals surface area contributed by atoms with Gasteiger partial charge in [-0.15, -0.1) is 0 Å². The monoisotopic (exact) mass is 521 g/mol. The molecule has 6 nitrogen and oxygen atoms in total. The third kappa shape index (κ3) is 5.95. The molecule has 1 unspecified atom stereocenters. The smallest absolute Gasteiger partial charge is 0.262 e. The lowest BCUT2D eigenvalue weighted by atomic mass is 10.0. The molecular formula is C29H29ClFN3O3. The molecule has 1 fully saturated rings. The van der Waals surface area contributed by atoms with E-state index in [1.165, 1.54) is 23.8 Å². The molecule has 1 saturated heterocycles. The van der Waals surface area contributed by atoms with Gasteiger partial charge in [-0.2, -0.15) is 0 Å². The van der Waals surface area contributed by atoms with E-state index in [4.69, 9.17) is 16.0 Å². The predicted octanol–water partition coefficient (Wildman–Crippen LogP) is 5.22. The summed E-state index contributed by atoms with van der Waals surface area (Å²) in [5.74, 6) is -0.00133. The standard InChI is InChI=1S/C29H29ClFN3O3/c30-24-9-4-10-25(31)28(24)29(36)34-18-21-16-33(17-22(21)19-34)14-13-26(20-6-2-1-3-7-20)32-27(35)12-11-23-8-5-15-37-23/h1-10,15,18,22,26H,11-14,16-17,19H2,(H,32,35)/t22?,26-/m0/s1. The third-order valence-electron chi connectivity index (χ3n) is 7.04. The predicted molar refractivity (Wildman–Crippen MR) is 139 cm³/mol. The molecule has 3 heterocycles. The fraction of sp³-hybridized carbons (Fsp3) is 0.310. The van der Waals surface area contributed by atoms with Gasteiger partial charge >= 0.3 is 0 Å². The second kappa shape index (κ2) is 11.3. The van der Waals surface area contributed by atoms with Gasteiger partial charge in [0.1, 0.15) is 11.6 Å². The number of aryl methyl sites for hydroxylation is 1. The van der Waals surface area contributed by atoms with Gasteiger partial charge in [-0.3, -0.25) is 14.5 Å². The Labute approximate surface area is 220 Å². The highest BCUT2D eigenvalue weighted by molar-refractivity contribution is 6.33. The molecule has 0 aliphatic carbocycles. The molecule has 192 valence electrons. The molecule has 3 aromatic rings. The minimum Gasteiger partial charge on any atom is -0.469 e. The second-order valence-corrected chi connectivity index (χ2v) is 10.00. The molecule has 0 saturated carbocycles. The number of halogens is 2. The second-order valence-electron chi connectivity index (χ2n) is 9.59. The van der Waals surface area contributed by atoms with Crippen molar-refractivity contribution >= 4 is 23.4 Å². The molecule has 8 heteroatoms. The Morgan fingerprint density at radius 2 is 1.92 bits per heavy atom. The molecular weight excluding hydrogens is 493 g/mol. The van der Waals surface area contributed by atoms with Crippen LogP contribution in [0.15, 0.2) is 83.1 Å². The van der Waals surface area contributed by atoms with Gasteiger partial charge < -0.3 is 14.6 Å². The first-order valence-corrected chi connectivity index (χ1v) is 12.9. The number of benzene rings is 2. The summed E-state index contributed by atoms with van der Waals surface area (Å²) in [6.07, 6.45) is 5.16. The summed E-state index contributed by atoms with van der Waals surface area (Å²) in [6, 6.07) is 17.9. The van der Waals surface area contributed by atoms with Crippen LogP contribution in [0.4, 0.5) is 4.39 Å². The number of carbonyl (C=O) groups is 2. The number of nitrogens with zero attached hydrogens (tertiary/aromatic N) is 2. The molecule has 0 bridgehead atoms. The molecule has 0 radical (unpaired) electrons. The zero-order valence-corrected chi connectivity index (χ0v) is 21.2. The van der Waals surface area contributed by atoms with Gasteiger partial charge in [-0.05, 0) is 41.8 Å². The average Bonchev–Trinajstić information content (AvgIpc) is 3.63. The Balaban J connectivity index is 1.18. The maximum atomic E-state index is 14.2. The van der Waals surface area contributed by atoms with Crippen LogP contribution in [-0.2, 0) is 11.2 Å². The van der Waals surface area contributed by atoms with Gasteiger partial charge in [0.05, 0.1) is 22.9 Å². The first-order chi connectivity index (χ1) is 18.0. The molecule has 37 heavy (non-hydrogen) atoms. The van der Waals surface area contributed by atoms with Crippen LogP contribution in [0.3, 0.4) is 0 Å². The first-order valence-electron chi connectivity index (χ1n) is 12.5. The number of likely N-dealkylation sites (tertiary alicyclic amines) is 1. The number of rotatable bonds is 9. The van der Waals surface area contributed by atoms with Crippen LogP contribution in [0.1, 0.15) is 40.6 Å². The topological polar surface area (TPSA) is 65.8 Å². The number of nitrogens with one attached hydrogen (secondary N) is 1. The summed E-state index contributed by atoms with van der Waals surface area (Å²) in [6.45, 7) is 2.88. The van der Waals surface area contributed by atoms with E-state index < -0.39 is 11.7 Å². The molecule has 2 aromatic carbocycles. The Bertz CT molecular complexity index is 1260. The largest absolute Gasteiger partial charge is 0.469 e.